The maximum absolute atomic E-state index is 12.4. The molecule has 1 saturated heterocycles. The van der Waals surface area contributed by atoms with Gasteiger partial charge < -0.3 is 14.9 Å². The first kappa shape index (κ1) is 13.0. The second-order valence-electron chi connectivity index (χ2n) is 6.64. The zero-order valence-corrected chi connectivity index (χ0v) is 11.8. The van der Waals surface area contributed by atoms with E-state index in [1.807, 2.05) is 19.9 Å². The van der Waals surface area contributed by atoms with Crippen molar-refractivity contribution in [1.29, 1.82) is 0 Å². The molecule has 2 heterocycles. The Labute approximate surface area is 112 Å². The molecule has 19 heavy (non-hydrogen) atoms. The quantitative estimate of drug-likeness (QED) is 0.700. The summed E-state index contributed by atoms with van der Waals surface area (Å²) in [7, 11) is 0. The number of fused-ring (bicyclic) bond motifs is 1. The zero-order valence-electron chi connectivity index (χ0n) is 11.8. The Kier molecular flexibility index (Phi) is 2.19. The number of ketones is 1. The van der Waals surface area contributed by atoms with Gasteiger partial charge in [-0.1, -0.05) is 6.08 Å². The van der Waals surface area contributed by atoms with Gasteiger partial charge in [0, 0.05) is 12.8 Å². The fourth-order valence-corrected chi connectivity index (χ4v) is 3.83. The average molecular weight is 264 g/mol. The minimum absolute atomic E-state index is 0.110. The van der Waals surface area contributed by atoms with Gasteiger partial charge in [-0.25, -0.2) is 0 Å². The van der Waals surface area contributed by atoms with Crippen LogP contribution in [0.4, 0.5) is 0 Å². The highest BCUT2D eigenvalue weighted by Crippen LogP contribution is 2.62. The first-order chi connectivity index (χ1) is 8.59. The van der Waals surface area contributed by atoms with Crippen LogP contribution in [0, 0.1) is 0 Å². The highest BCUT2D eigenvalue weighted by molar-refractivity contribution is 6.01. The van der Waals surface area contributed by atoms with E-state index in [0.29, 0.717) is 6.42 Å². The molecular formula is C15H20O4. The first-order valence-electron chi connectivity index (χ1n) is 6.64. The van der Waals surface area contributed by atoms with Gasteiger partial charge in [0.2, 0.25) is 0 Å². The van der Waals surface area contributed by atoms with Gasteiger partial charge >= 0.3 is 0 Å². The molecule has 3 rings (SSSR count). The highest BCUT2D eigenvalue weighted by Gasteiger charge is 2.74. The van der Waals surface area contributed by atoms with Crippen molar-refractivity contribution in [3.63, 3.8) is 0 Å². The number of carbonyl (C=O) groups excluding carboxylic acids is 1. The van der Waals surface area contributed by atoms with Crippen molar-refractivity contribution in [2.75, 3.05) is 0 Å². The van der Waals surface area contributed by atoms with Crippen molar-refractivity contribution in [1.82, 2.24) is 0 Å². The molecule has 104 valence electrons. The summed E-state index contributed by atoms with van der Waals surface area (Å²) < 4.78 is 6.09. The van der Waals surface area contributed by atoms with Crippen molar-refractivity contribution in [3.8, 4) is 0 Å². The first-order valence-corrected chi connectivity index (χ1v) is 6.64. The number of hydrogen-bond acceptors (Lipinski definition) is 4. The molecule has 4 nitrogen and oxygen atoms in total. The summed E-state index contributed by atoms with van der Waals surface area (Å²) in [6.07, 6.45) is 4.15. The molecular weight excluding hydrogens is 244 g/mol. The number of aliphatic hydroxyl groups is 2. The van der Waals surface area contributed by atoms with Gasteiger partial charge in [-0.2, -0.15) is 0 Å². The summed E-state index contributed by atoms with van der Waals surface area (Å²) in [4.78, 5) is 12.4. The van der Waals surface area contributed by atoms with Crippen LogP contribution in [0.1, 0.15) is 40.5 Å². The predicted molar refractivity (Wildman–Crippen MR) is 69.5 cm³/mol. The summed E-state index contributed by atoms with van der Waals surface area (Å²) in [5.41, 5.74) is -3.21. The summed E-state index contributed by atoms with van der Waals surface area (Å²) in [5, 5.41) is 21.5. The molecule has 0 aromatic rings. The number of rotatable bonds is 1. The van der Waals surface area contributed by atoms with Gasteiger partial charge in [-0.3, -0.25) is 4.79 Å². The monoisotopic (exact) mass is 264 g/mol. The highest BCUT2D eigenvalue weighted by atomic mass is 16.6. The van der Waals surface area contributed by atoms with E-state index in [4.69, 9.17) is 4.74 Å². The predicted octanol–water partition coefficient (Wildman–Crippen LogP) is 1.27. The molecule has 4 heteroatoms. The second kappa shape index (κ2) is 3.19. The summed E-state index contributed by atoms with van der Waals surface area (Å²) in [5.74, 6) is -0.251. The number of hydrogen-bond donors (Lipinski definition) is 2. The maximum atomic E-state index is 12.4. The molecule has 0 saturated carbocycles. The van der Waals surface area contributed by atoms with Gasteiger partial charge in [0.25, 0.3) is 0 Å². The van der Waals surface area contributed by atoms with E-state index in [0.717, 1.165) is 11.1 Å². The van der Waals surface area contributed by atoms with Crippen LogP contribution in [0.25, 0.3) is 0 Å². The number of carbonyl (C=O) groups is 1. The van der Waals surface area contributed by atoms with Crippen LogP contribution >= 0.6 is 0 Å². The Morgan fingerprint density at radius 3 is 2.53 bits per heavy atom. The third kappa shape index (κ3) is 1.18. The summed E-state index contributed by atoms with van der Waals surface area (Å²) >= 11 is 0. The minimum Gasteiger partial charge on any atom is -0.387 e. The molecule has 0 amide bonds. The number of ether oxygens (including phenoxy) is 1. The lowest BCUT2D eigenvalue weighted by molar-refractivity contribution is -0.194. The molecule has 1 aliphatic carbocycles. The van der Waals surface area contributed by atoms with Crippen molar-refractivity contribution < 1.29 is 19.7 Å². The van der Waals surface area contributed by atoms with Gasteiger partial charge in [0.1, 0.15) is 11.2 Å². The van der Waals surface area contributed by atoms with Crippen molar-refractivity contribution in [3.05, 3.63) is 23.3 Å². The molecule has 1 fully saturated rings. The smallest absolute Gasteiger partial charge is 0.190 e. The van der Waals surface area contributed by atoms with Gasteiger partial charge in [0.15, 0.2) is 11.4 Å². The van der Waals surface area contributed by atoms with Crippen molar-refractivity contribution >= 4 is 5.78 Å². The van der Waals surface area contributed by atoms with Crippen LogP contribution in [0.5, 0.6) is 0 Å². The normalized spacial score (nSPS) is 45.1. The third-order valence-electron chi connectivity index (χ3n) is 5.24. The van der Waals surface area contributed by atoms with Crippen LogP contribution in [-0.2, 0) is 9.53 Å². The molecule has 3 aliphatic rings. The van der Waals surface area contributed by atoms with Gasteiger partial charge in [-0.05, 0) is 44.9 Å². The van der Waals surface area contributed by atoms with Crippen molar-refractivity contribution in [2.45, 2.75) is 62.9 Å². The SMILES string of the molecule is CC1=CC[C@]23O[C@](C(C)(C)O)(C[C@]12O)C(=O)C=C3C. The fraction of sp³-hybridized carbons (Fsp3) is 0.667. The Hall–Kier alpha value is -0.970. The maximum Gasteiger partial charge on any atom is 0.190 e. The van der Waals surface area contributed by atoms with Crippen LogP contribution < -0.4 is 0 Å². The van der Waals surface area contributed by atoms with E-state index in [2.05, 4.69) is 0 Å². The van der Waals surface area contributed by atoms with E-state index >= 15 is 0 Å². The van der Waals surface area contributed by atoms with E-state index in [9.17, 15) is 15.0 Å². The van der Waals surface area contributed by atoms with Crippen LogP contribution in [0.3, 0.4) is 0 Å². The molecule has 1 spiro atoms. The molecule has 0 aromatic heterocycles. The molecule has 3 atom stereocenters. The van der Waals surface area contributed by atoms with Crippen molar-refractivity contribution in [2.24, 2.45) is 0 Å². The summed E-state index contributed by atoms with van der Waals surface area (Å²) in [6, 6.07) is 0. The lowest BCUT2D eigenvalue weighted by atomic mass is 9.74. The lowest BCUT2D eigenvalue weighted by Crippen LogP contribution is -2.58. The lowest BCUT2D eigenvalue weighted by Gasteiger charge is -2.43. The van der Waals surface area contributed by atoms with Crippen LogP contribution in [0.15, 0.2) is 23.3 Å². The van der Waals surface area contributed by atoms with E-state index in [1.54, 1.807) is 13.8 Å². The molecule has 2 bridgehead atoms. The van der Waals surface area contributed by atoms with Crippen LogP contribution in [0.2, 0.25) is 0 Å². The Bertz CT molecular complexity index is 535. The van der Waals surface area contributed by atoms with E-state index < -0.39 is 22.4 Å². The fourth-order valence-electron chi connectivity index (χ4n) is 3.83. The minimum atomic E-state index is -1.35. The van der Waals surface area contributed by atoms with Gasteiger partial charge in [-0.15, -0.1) is 0 Å². The third-order valence-corrected chi connectivity index (χ3v) is 5.24. The Morgan fingerprint density at radius 1 is 1.32 bits per heavy atom. The molecule has 0 radical (unpaired) electrons. The molecule has 0 unspecified atom stereocenters. The topological polar surface area (TPSA) is 66.8 Å². The summed E-state index contributed by atoms with van der Waals surface area (Å²) in [6.45, 7) is 6.80. The Balaban J connectivity index is 2.26. The molecule has 2 aliphatic heterocycles. The molecule has 2 N–H and O–H groups in total. The standard InChI is InChI=1S/C15H20O4/c1-9-5-6-14-10(2)7-11(16)15(19-14,12(3,4)17)8-13(9,14)18/h5,7,17-18H,6,8H2,1-4H3/t13-,14+,15+/m0/s1. The average Bonchev–Trinajstić information content (AvgIpc) is 2.66. The van der Waals surface area contributed by atoms with Gasteiger partial charge in [0.05, 0.1) is 5.60 Å². The van der Waals surface area contributed by atoms with E-state index in [1.165, 1.54) is 6.08 Å². The Morgan fingerprint density at radius 2 is 1.95 bits per heavy atom. The largest absolute Gasteiger partial charge is 0.387 e. The second-order valence-corrected chi connectivity index (χ2v) is 6.64. The molecule has 0 aromatic carbocycles. The van der Waals surface area contributed by atoms with Crippen LogP contribution in [-0.4, -0.2) is 38.4 Å². The zero-order chi connectivity index (χ0) is 14.3. The van der Waals surface area contributed by atoms with E-state index in [-0.39, 0.29) is 12.2 Å².